The van der Waals surface area contributed by atoms with Gasteiger partial charge in [0.25, 0.3) is 0 Å². The van der Waals surface area contributed by atoms with Gasteiger partial charge in [0.15, 0.2) is 0 Å². The molecule has 3 heteroatoms. The number of anilines is 1. The van der Waals surface area contributed by atoms with E-state index in [1.165, 1.54) is 23.0 Å². The van der Waals surface area contributed by atoms with Crippen molar-refractivity contribution < 1.29 is 0 Å². The molecule has 0 spiro atoms. The number of benzene rings is 1. The van der Waals surface area contributed by atoms with E-state index in [0.717, 1.165) is 25.6 Å². The standard InChI is InChI=1S/C15H23BrN2/c1-12(2)10-13-11-18(9-5-8-17-13)15-7-4-3-6-14(15)16/h3-4,6-7,12-13,17H,5,8-11H2,1-2H3. The van der Waals surface area contributed by atoms with Crippen LogP contribution in [0.2, 0.25) is 0 Å². The Bertz CT molecular complexity index is 379. The lowest BCUT2D eigenvalue weighted by Crippen LogP contribution is -2.38. The quantitative estimate of drug-likeness (QED) is 0.916. The van der Waals surface area contributed by atoms with Gasteiger partial charge in [-0.25, -0.2) is 0 Å². The summed E-state index contributed by atoms with van der Waals surface area (Å²) < 4.78 is 1.20. The molecule has 0 saturated carbocycles. The van der Waals surface area contributed by atoms with Gasteiger partial charge in [0.05, 0.1) is 5.69 Å². The number of rotatable bonds is 3. The minimum atomic E-state index is 0.611. The zero-order valence-corrected chi connectivity index (χ0v) is 12.9. The van der Waals surface area contributed by atoms with Crippen LogP contribution >= 0.6 is 15.9 Å². The Labute approximate surface area is 119 Å². The van der Waals surface area contributed by atoms with Crippen molar-refractivity contribution in [1.29, 1.82) is 0 Å². The summed E-state index contributed by atoms with van der Waals surface area (Å²) in [4.78, 5) is 2.51. The van der Waals surface area contributed by atoms with E-state index in [4.69, 9.17) is 0 Å². The van der Waals surface area contributed by atoms with Crippen LogP contribution < -0.4 is 10.2 Å². The van der Waals surface area contributed by atoms with Crippen molar-refractivity contribution in [2.24, 2.45) is 5.92 Å². The fourth-order valence-corrected chi connectivity index (χ4v) is 3.19. The lowest BCUT2D eigenvalue weighted by molar-refractivity contribution is 0.436. The Hall–Kier alpha value is -0.540. The minimum absolute atomic E-state index is 0.611. The summed E-state index contributed by atoms with van der Waals surface area (Å²) in [5.74, 6) is 0.752. The van der Waals surface area contributed by atoms with Crippen molar-refractivity contribution in [3.8, 4) is 0 Å². The van der Waals surface area contributed by atoms with Crippen LogP contribution in [0.1, 0.15) is 26.7 Å². The molecular formula is C15H23BrN2. The summed E-state index contributed by atoms with van der Waals surface area (Å²) in [7, 11) is 0. The molecule has 0 aromatic heterocycles. The van der Waals surface area contributed by atoms with Gasteiger partial charge in [-0.05, 0) is 53.4 Å². The van der Waals surface area contributed by atoms with E-state index in [1.54, 1.807) is 0 Å². The van der Waals surface area contributed by atoms with E-state index in [9.17, 15) is 0 Å². The Balaban J connectivity index is 2.09. The predicted octanol–water partition coefficient (Wildman–Crippen LogP) is 3.66. The number of nitrogens with one attached hydrogen (secondary N) is 1. The molecule has 1 saturated heterocycles. The largest absolute Gasteiger partial charge is 0.369 e. The van der Waals surface area contributed by atoms with Crippen LogP contribution in [0.3, 0.4) is 0 Å². The maximum absolute atomic E-state index is 3.68. The van der Waals surface area contributed by atoms with E-state index in [0.29, 0.717) is 6.04 Å². The van der Waals surface area contributed by atoms with Gasteiger partial charge in [0.2, 0.25) is 0 Å². The predicted molar refractivity (Wildman–Crippen MR) is 82.2 cm³/mol. The Morgan fingerprint density at radius 1 is 1.39 bits per heavy atom. The van der Waals surface area contributed by atoms with Crippen LogP contribution in [0.15, 0.2) is 28.7 Å². The van der Waals surface area contributed by atoms with Crippen molar-refractivity contribution in [2.45, 2.75) is 32.7 Å². The third kappa shape index (κ3) is 3.72. The van der Waals surface area contributed by atoms with Gasteiger partial charge in [0, 0.05) is 23.6 Å². The highest BCUT2D eigenvalue weighted by Gasteiger charge is 2.19. The van der Waals surface area contributed by atoms with E-state index < -0.39 is 0 Å². The van der Waals surface area contributed by atoms with Gasteiger partial charge >= 0.3 is 0 Å². The molecule has 1 fully saturated rings. The molecule has 1 heterocycles. The van der Waals surface area contributed by atoms with Crippen molar-refractivity contribution in [3.63, 3.8) is 0 Å². The highest BCUT2D eigenvalue weighted by atomic mass is 79.9. The highest BCUT2D eigenvalue weighted by Crippen LogP contribution is 2.27. The molecule has 1 aromatic carbocycles. The first kappa shape index (κ1) is 13.9. The average Bonchev–Trinajstić information content (AvgIpc) is 2.54. The topological polar surface area (TPSA) is 15.3 Å². The van der Waals surface area contributed by atoms with Crippen molar-refractivity contribution in [3.05, 3.63) is 28.7 Å². The van der Waals surface area contributed by atoms with Crippen LogP contribution in [-0.2, 0) is 0 Å². The molecule has 1 aromatic rings. The van der Waals surface area contributed by atoms with Gasteiger partial charge in [-0.15, -0.1) is 0 Å². The SMILES string of the molecule is CC(C)CC1CN(c2ccccc2Br)CCCN1. The first-order valence-electron chi connectivity index (χ1n) is 6.89. The Morgan fingerprint density at radius 3 is 2.89 bits per heavy atom. The third-order valence-corrected chi connectivity index (χ3v) is 4.10. The van der Waals surface area contributed by atoms with E-state index in [-0.39, 0.29) is 0 Å². The number of hydrogen-bond acceptors (Lipinski definition) is 2. The maximum atomic E-state index is 3.68. The summed E-state index contributed by atoms with van der Waals surface area (Å²) in [6.45, 7) is 7.99. The zero-order valence-electron chi connectivity index (χ0n) is 11.3. The molecular weight excluding hydrogens is 288 g/mol. The Morgan fingerprint density at radius 2 is 2.17 bits per heavy atom. The monoisotopic (exact) mass is 310 g/mol. The second-order valence-corrected chi connectivity index (χ2v) is 6.39. The summed E-state index contributed by atoms with van der Waals surface area (Å²) >= 11 is 3.67. The number of para-hydroxylation sites is 1. The molecule has 1 aliphatic heterocycles. The first-order chi connectivity index (χ1) is 8.66. The second kappa shape index (κ2) is 6.58. The molecule has 0 aliphatic carbocycles. The molecule has 2 rings (SSSR count). The summed E-state index contributed by atoms with van der Waals surface area (Å²) in [6.07, 6.45) is 2.47. The van der Waals surface area contributed by atoms with E-state index in [1.807, 2.05) is 0 Å². The second-order valence-electron chi connectivity index (χ2n) is 5.53. The molecule has 100 valence electrons. The highest BCUT2D eigenvalue weighted by molar-refractivity contribution is 9.10. The number of nitrogens with zero attached hydrogens (tertiary/aromatic N) is 1. The van der Waals surface area contributed by atoms with Gasteiger partial charge in [-0.2, -0.15) is 0 Å². The lowest BCUT2D eigenvalue weighted by Gasteiger charge is -2.28. The zero-order chi connectivity index (χ0) is 13.0. The molecule has 0 bridgehead atoms. The van der Waals surface area contributed by atoms with E-state index in [2.05, 4.69) is 64.3 Å². The molecule has 0 amide bonds. The summed E-state index contributed by atoms with van der Waals surface area (Å²) in [5, 5.41) is 3.68. The average molecular weight is 311 g/mol. The minimum Gasteiger partial charge on any atom is -0.369 e. The van der Waals surface area contributed by atoms with E-state index >= 15 is 0 Å². The van der Waals surface area contributed by atoms with Crippen molar-refractivity contribution >= 4 is 21.6 Å². The molecule has 1 atom stereocenters. The van der Waals surface area contributed by atoms with Crippen molar-refractivity contribution in [2.75, 3.05) is 24.5 Å². The maximum Gasteiger partial charge on any atom is 0.0511 e. The smallest absolute Gasteiger partial charge is 0.0511 e. The molecule has 18 heavy (non-hydrogen) atoms. The van der Waals surface area contributed by atoms with Gasteiger partial charge in [-0.1, -0.05) is 26.0 Å². The first-order valence-corrected chi connectivity index (χ1v) is 7.69. The van der Waals surface area contributed by atoms with Crippen LogP contribution in [-0.4, -0.2) is 25.7 Å². The number of hydrogen-bond donors (Lipinski definition) is 1. The van der Waals surface area contributed by atoms with Crippen LogP contribution in [0.5, 0.6) is 0 Å². The van der Waals surface area contributed by atoms with Gasteiger partial charge < -0.3 is 10.2 Å². The molecule has 1 aliphatic rings. The number of halogens is 1. The molecule has 0 radical (unpaired) electrons. The summed E-state index contributed by atoms with van der Waals surface area (Å²) in [5.41, 5.74) is 1.33. The normalized spacial score (nSPS) is 21.1. The molecule has 1 N–H and O–H groups in total. The fourth-order valence-electron chi connectivity index (χ4n) is 2.65. The van der Waals surface area contributed by atoms with Crippen LogP contribution in [0.25, 0.3) is 0 Å². The molecule has 1 unspecified atom stereocenters. The van der Waals surface area contributed by atoms with Gasteiger partial charge in [0.1, 0.15) is 0 Å². The third-order valence-electron chi connectivity index (χ3n) is 3.43. The van der Waals surface area contributed by atoms with Crippen molar-refractivity contribution in [1.82, 2.24) is 5.32 Å². The van der Waals surface area contributed by atoms with Crippen LogP contribution in [0.4, 0.5) is 5.69 Å². The molecule has 2 nitrogen and oxygen atoms in total. The lowest BCUT2D eigenvalue weighted by atomic mass is 10.0. The van der Waals surface area contributed by atoms with Gasteiger partial charge in [-0.3, -0.25) is 0 Å². The fraction of sp³-hybridized carbons (Fsp3) is 0.600. The summed E-state index contributed by atoms with van der Waals surface area (Å²) in [6, 6.07) is 9.15. The Kier molecular flexibility index (Phi) is 5.07. The van der Waals surface area contributed by atoms with Crippen LogP contribution in [0, 0.1) is 5.92 Å².